The predicted octanol–water partition coefficient (Wildman–Crippen LogP) is 2.50. The number of isocyanates is 1. The second kappa shape index (κ2) is 5.54. The van der Waals surface area contributed by atoms with E-state index in [2.05, 4.69) is 4.99 Å². The Labute approximate surface area is 98.8 Å². The third kappa shape index (κ3) is 2.35. The van der Waals surface area contributed by atoms with Crippen molar-refractivity contribution >= 4 is 17.7 Å². The molecule has 4 nitrogen and oxygen atoms in total. The van der Waals surface area contributed by atoms with Crippen molar-refractivity contribution in [2.45, 2.75) is 13.5 Å². The van der Waals surface area contributed by atoms with Gasteiger partial charge in [-0.25, -0.2) is 9.79 Å². The third-order valence-electron chi connectivity index (χ3n) is 2.28. The molecule has 1 aromatic carbocycles. The maximum atomic E-state index is 10.1. The SMILES string of the molecule is COc1cc(CN=C=O)c(C)c(Cl)c1OC. The molecule has 0 bridgehead atoms. The van der Waals surface area contributed by atoms with Gasteiger partial charge in [0.1, 0.15) is 0 Å². The second-order valence-electron chi connectivity index (χ2n) is 3.12. The lowest BCUT2D eigenvalue weighted by Gasteiger charge is -2.13. The van der Waals surface area contributed by atoms with Gasteiger partial charge in [-0.15, -0.1) is 0 Å². The molecule has 0 N–H and O–H groups in total. The highest BCUT2D eigenvalue weighted by atomic mass is 35.5. The number of benzene rings is 1. The Kier molecular flexibility index (Phi) is 4.35. The Hall–Kier alpha value is -1.51. The van der Waals surface area contributed by atoms with Crippen molar-refractivity contribution in [1.29, 1.82) is 0 Å². The monoisotopic (exact) mass is 241 g/mol. The molecule has 86 valence electrons. The Morgan fingerprint density at radius 2 is 2.12 bits per heavy atom. The Morgan fingerprint density at radius 1 is 1.44 bits per heavy atom. The zero-order valence-corrected chi connectivity index (χ0v) is 10.1. The summed E-state index contributed by atoms with van der Waals surface area (Å²) >= 11 is 6.12. The van der Waals surface area contributed by atoms with Crippen molar-refractivity contribution in [2.75, 3.05) is 14.2 Å². The van der Waals surface area contributed by atoms with Crippen LogP contribution in [0.25, 0.3) is 0 Å². The fourth-order valence-corrected chi connectivity index (χ4v) is 1.67. The Balaban J connectivity index is 3.31. The van der Waals surface area contributed by atoms with E-state index in [0.29, 0.717) is 16.5 Å². The molecular weight excluding hydrogens is 230 g/mol. The standard InChI is InChI=1S/C11H12ClNO3/c1-7-8(5-13-6-14)4-9(15-2)11(16-3)10(7)12/h4H,5H2,1-3H3. The molecule has 0 aromatic heterocycles. The van der Waals surface area contributed by atoms with Crippen molar-refractivity contribution in [3.8, 4) is 11.5 Å². The molecule has 0 unspecified atom stereocenters. The number of methoxy groups -OCH3 is 2. The molecule has 0 amide bonds. The molecule has 0 spiro atoms. The number of hydrogen-bond acceptors (Lipinski definition) is 4. The van der Waals surface area contributed by atoms with E-state index in [1.807, 2.05) is 6.92 Å². The minimum absolute atomic E-state index is 0.232. The maximum absolute atomic E-state index is 10.1. The molecule has 0 fully saturated rings. The first-order chi connectivity index (χ1) is 7.65. The van der Waals surface area contributed by atoms with Crippen molar-refractivity contribution in [3.05, 3.63) is 22.2 Å². The highest BCUT2D eigenvalue weighted by Crippen LogP contribution is 2.39. The van der Waals surface area contributed by atoms with Crippen LogP contribution in [0.5, 0.6) is 11.5 Å². The van der Waals surface area contributed by atoms with Gasteiger partial charge in [-0.1, -0.05) is 11.6 Å². The maximum Gasteiger partial charge on any atom is 0.235 e. The highest BCUT2D eigenvalue weighted by molar-refractivity contribution is 6.33. The minimum atomic E-state index is 0.232. The summed E-state index contributed by atoms with van der Waals surface area (Å²) in [6.45, 7) is 2.06. The van der Waals surface area contributed by atoms with E-state index in [9.17, 15) is 4.79 Å². The van der Waals surface area contributed by atoms with Crippen LogP contribution in [0.15, 0.2) is 11.1 Å². The van der Waals surface area contributed by atoms with Gasteiger partial charge >= 0.3 is 0 Å². The van der Waals surface area contributed by atoms with Gasteiger partial charge in [0.05, 0.1) is 25.8 Å². The molecule has 0 aliphatic heterocycles. The van der Waals surface area contributed by atoms with Crippen LogP contribution in [0.3, 0.4) is 0 Å². The predicted molar refractivity (Wildman–Crippen MR) is 61.1 cm³/mol. The average Bonchev–Trinajstić information content (AvgIpc) is 2.30. The Bertz CT molecular complexity index is 439. The lowest BCUT2D eigenvalue weighted by Crippen LogP contribution is -1.97. The molecule has 0 aliphatic rings. The van der Waals surface area contributed by atoms with Crippen molar-refractivity contribution < 1.29 is 14.3 Å². The first-order valence-corrected chi connectivity index (χ1v) is 4.97. The minimum Gasteiger partial charge on any atom is -0.493 e. The number of rotatable bonds is 4. The van der Waals surface area contributed by atoms with Crippen LogP contribution in [0.2, 0.25) is 5.02 Å². The fraction of sp³-hybridized carbons (Fsp3) is 0.364. The van der Waals surface area contributed by atoms with E-state index >= 15 is 0 Å². The molecule has 0 heterocycles. The molecule has 0 atom stereocenters. The first kappa shape index (κ1) is 12.6. The van der Waals surface area contributed by atoms with E-state index in [-0.39, 0.29) is 6.54 Å². The van der Waals surface area contributed by atoms with Gasteiger partial charge in [0.15, 0.2) is 11.5 Å². The highest BCUT2D eigenvalue weighted by Gasteiger charge is 2.14. The van der Waals surface area contributed by atoms with Crippen LogP contribution in [-0.4, -0.2) is 20.3 Å². The molecule has 0 saturated heterocycles. The summed E-state index contributed by atoms with van der Waals surface area (Å²) in [6.07, 6.45) is 1.49. The van der Waals surface area contributed by atoms with Crippen molar-refractivity contribution in [1.82, 2.24) is 0 Å². The lowest BCUT2D eigenvalue weighted by molar-refractivity contribution is 0.354. The van der Waals surface area contributed by atoms with E-state index in [4.69, 9.17) is 21.1 Å². The summed E-state index contributed by atoms with van der Waals surface area (Å²) in [4.78, 5) is 13.6. The first-order valence-electron chi connectivity index (χ1n) is 4.59. The second-order valence-corrected chi connectivity index (χ2v) is 3.50. The summed E-state index contributed by atoms with van der Waals surface area (Å²) in [5.74, 6) is 1.01. The zero-order valence-electron chi connectivity index (χ0n) is 9.33. The smallest absolute Gasteiger partial charge is 0.235 e. The van der Waals surface area contributed by atoms with Crippen LogP contribution < -0.4 is 9.47 Å². The van der Waals surface area contributed by atoms with Gasteiger partial charge in [0.25, 0.3) is 0 Å². The number of nitrogens with zero attached hydrogens (tertiary/aromatic N) is 1. The quantitative estimate of drug-likeness (QED) is 0.601. The average molecular weight is 242 g/mol. The van der Waals surface area contributed by atoms with Gasteiger partial charge < -0.3 is 9.47 Å². The van der Waals surface area contributed by atoms with Gasteiger partial charge in [-0.3, -0.25) is 0 Å². The van der Waals surface area contributed by atoms with Gasteiger partial charge in [0, 0.05) is 0 Å². The summed E-state index contributed by atoms with van der Waals surface area (Å²) in [5.41, 5.74) is 1.63. The third-order valence-corrected chi connectivity index (χ3v) is 2.73. The molecule has 0 saturated carbocycles. The topological polar surface area (TPSA) is 47.9 Å². The van der Waals surface area contributed by atoms with Gasteiger partial charge in [-0.2, -0.15) is 0 Å². The molecule has 5 heteroatoms. The molecule has 1 aromatic rings. The zero-order chi connectivity index (χ0) is 12.1. The lowest BCUT2D eigenvalue weighted by atomic mass is 10.1. The van der Waals surface area contributed by atoms with E-state index in [0.717, 1.165) is 11.1 Å². The summed E-state index contributed by atoms with van der Waals surface area (Å²) in [5, 5.41) is 0.470. The van der Waals surface area contributed by atoms with Gasteiger partial charge in [-0.05, 0) is 24.1 Å². The number of hydrogen-bond donors (Lipinski definition) is 0. The fourth-order valence-electron chi connectivity index (χ4n) is 1.37. The van der Waals surface area contributed by atoms with Crippen LogP contribution in [0.4, 0.5) is 0 Å². The van der Waals surface area contributed by atoms with Crippen LogP contribution in [-0.2, 0) is 11.3 Å². The summed E-state index contributed by atoms with van der Waals surface area (Å²) < 4.78 is 10.3. The number of aliphatic imine (C=N–C) groups is 1. The van der Waals surface area contributed by atoms with Crippen molar-refractivity contribution in [3.63, 3.8) is 0 Å². The van der Waals surface area contributed by atoms with Crippen LogP contribution >= 0.6 is 11.6 Å². The number of carbonyl (C=O) groups excluding carboxylic acids is 1. The molecular formula is C11H12ClNO3. The summed E-state index contributed by atoms with van der Waals surface area (Å²) in [7, 11) is 3.04. The van der Waals surface area contributed by atoms with Crippen LogP contribution in [0.1, 0.15) is 11.1 Å². The number of halogens is 1. The van der Waals surface area contributed by atoms with Crippen molar-refractivity contribution in [2.24, 2.45) is 4.99 Å². The normalized spacial score (nSPS) is 9.50. The summed E-state index contributed by atoms with van der Waals surface area (Å²) in [6, 6.07) is 1.75. The largest absolute Gasteiger partial charge is 0.493 e. The molecule has 0 aliphatic carbocycles. The Morgan fingerprint density at radius 3 is 2.62 bits per heavy atom. The molecule has 16 heavy (non-hydrogen) atoms. The van der Waals surface area contributed by atoms with E-state index < -0.39 is 0 Å². The molecule has 1 rings (SSSR count). The number of ether oxygens (including phenoxy) is 2. The van der Waals surface area contributed by atoms with Gasteiger partial charge in [0.2, 0.25) is 6.08 Å². The van der Waals surface area contributed by atoms with E-state index in [1.54, 1.807) is 6.07 Å². The van der Waals surface area contributed by atoms with E-state index in [1.165, 1.54) is 20.3 Å². The molecule has 0 radical (unpaired) electrons. The van der Waals surface area contributed by atoms with Crippen LogP contribution in [0, 0.1) is 6.92 Å².